The highest BCUT2D eigenvalue weighted by Crippen LogP contribution is 1.94. The normalized spacial score (nSPS) is 11.7. The van der Waals surface area contributed by atoms with Crippen molar-refractivity contribution in [3.8, 4) is 6.07 Å². The molecule has 0 aromatic carbocycles. The van der Waals surface area contributed by atoms with Crippen LogP contribution in [0.3, 0.4) is 0 Å². The molecule has 0 spiro atoms. The Hall–Kier alpha value is -1.04. The standard InChI is InChI=1S/C7H12N2O/c1-3-4-9(6-10)7(2)5-8/h6-7H,3-4H2,1-2H3. The lowest BCUT2D eigenvalue weighted by Gasteiger charge is -2.17. The molecule has 0 heterocycles. The molecule has 56 valence electrons. The van der Waals surface area contributed by atoms with Gasteiger partial charge in [0.2, 0.25) is 6.41 Å². The Morgan fingerprint density at radius 1 is 1.80 bits per heavy atom. The van der Waals surface area contributed by atoms with Gasteiger partial charge in [0.15, 0.2) is 0 Å². The van der Waals surface area contributed by atoms with Gasteiger partial charge in [-0.2, -0.15) is 5.26 Å². The van der Waals surface area contributed by atoms with Gasteiger partial charge < -0.3 is 4.90 Å². The maximum absolute atomic E-state index is 10.3. The van der Waals surface area contributed by atoms with Crippen molar-refractivity contribution in [3.63, 3.8) is 0 Å². The summed E-state index contributed by atoms with van der Waals surface area (Å²) in [5, 5.41) is 8.41. The van der Waals surface area contributed by atoms with Gasteiger partial charge in [-0.25, -0.2) is 0 Å². The predicted octanol–water partition coefficient (Wildman–Crippen LogP) is 0.767. The zero-order valence-electron chi connectivity index (χ0n) is 6.37. The van der Waals surface area contributed by atoms with Gasteiger partial charge >= 0.3 is 0 Å². The highest BCUT2D eigenvalue weighted by atomic mass is 16.1. The van der Waals surface area contributed by atoms with Crippen molar-refractivity contribution in [1.29, 1.82) is 5.26 Å². The van der Waals surface area contributed by atoms with E-state index in [0.29, 0.717) is 6.54 Å². The summed E-state index contributed by atoms with van der Waals surface area (Å²) in [5.41, 5.74) is 0. The number of carbonyl (C=O) groups excluding carboxylic acids is 1. The first kappa shape index (κ1) is 8.96. The first-order valence-electron chi connectivity index (χ1n) is 3.37. The first-order valence-corrected chi connectivity index (χ1v) is 3.37. The maximum Gasteiger partial charge on any atom is 0.210 e. The lowest BCUT2D eigenvalue weighted by Crippen LogP contribution is -2.31. The van der Waals surface area contributed by atoms with Gasteiger partial charge in [0.1, 0.15) is 6.04 Å². The van der Waals surface area contributed by atoms with E-state index >= 15 is 0 Å². The Morgan fingerprint density at radius 3 is 2.70 bits per heavy atom. The van der Waals surface area contributed by atoms with Crippen LogP contribution in [0.15, 0.2) is 0 Å². The van der Waals surface area contributed by atoms with Gasteiger partial charge in [-0.1, -0.05) is 6.92 Å². The molecular formula is C7H12N2O. The summed E-state index contributed by atoms with van der Waals surface area (Å²) in [6.07, 6.45) is 1.61. The third-order valence-corrected chi connectivity index (χ3v) is 1.30. The number of amides is 1. The number of rotatable bonds is 4. The van der Waals surface area contributed by atoms with Crippen LogP contribution < -0.4 is 0 Å². The molecule has 0 aromatic rings. The molecule has 0 bridgehead atoms. The molecule has 0 saturated carbocycles. The summed E-state index contributed by atoms with van der Waals surface area (Å²) in [7, 11) is 0. The first-order chi connectivity index (χ1) is 4.76. The highest BCUT2D eigenvalue weighted by Gasteiger charge is 2.07. The summed E-state index contributed by atoms with van der Waals surface area (Å²) in [4.78, 5) is 11.8. The largest absolute Gasteiger partial charge is 0.330 e. The lowest BCUT2D eigenvalue weighted by molar-refractivity contribution is -0.119. The van der Waals surface area contributed by atoms with Crippen LogP contribution in [-0.4, -0.2) is 23.9 Å². The van der Waals surface area contributed by atoms with Crippen LogP contribution in [0.4, 0.5) is 0 Å². The van der Waals surface area contributed by atoms with Crippen LogP contribution in [-0.2, 0) is 4.79 Å². The number of carbonyl (C=O) groups is 1. The average Bonchev–Trinajstić information content (AvgIpc) is 1.99. The monoisotopic (exact) mass is 140 g/mol. The van der Waals surface area contributed by atoms with Crippen molar-refractivity contribution in [3.05, 3.63) is 0 Å². The van der Waals surface area contributed by atoms with Gasteiger partial charge in [-0.15, -0.1) is 0 Å². The molecule has 0 aliphatic carbocycles. The number of nitriles is 1. The molecule has 0 radical (unpaired) electrons. The van der Waals surface area contributed by atoms with Crippen molar-refractivity contribution in [2.75, 3.05) is 6.54 Å². The third-order valence-electron chi connectivity index (χ3n) is 1.30. The summed E-state index contributed by atoms with van der Waals surface area (Å²) in [5.74, 6) is 0. The quantitative estimate of drug-likeness (QED) is 0.541. The zero-order chi connectivity index (χ0) is 7.98. The summed E-state index contributed by atoms with van der Waals surface area (Å²) < 4.78 is 0. The molecule has 0 rings (SSSR count). The second kappa shape index (κ2) is 4.80. The van der Waals surface area contributed by atoms with Crippen molar-refractivity contribution in [2.24, 2.45) is 0 Å². The number of hydrogen-bond donors (Lipinski definition) is 0. The van der Waals surface area contributed by atoms with Gasteiger partial charge in [0.25, 0.3) is 0 Å². The summed E-state index contributed by atoms with van der Waals surface area (Å²) >= 11 is 0. The molecule has 3 heteroatoms. The predicted molar refractivity (Wildman–Crippen MR) is 38.1 cm³/mol. The van der Waals surface area contributed by atoms with Crippen molar-refractivity contribution < 1.29 is 4.79 Å². The Bertz CT molecular complexity index is 139. The van der Waals surface area contributed by atoms with E-state index in [1.54, 1.807) is 6.92 Å². The van der Waals surface area contributed by atoms with E-state index in [2.05, 4.69) is 0 Å². The smallest absolute Gasteiger partial charge is 0.210 e. The lowest BCUT2D eigenvalue weighted by atomic mass is 10.3. The molecule has 0 fully saturated rings. The highest BCUT2D eigenvalue weighted by molar-refractivity contribution is 5.48. The fraction of sp³-hybridized carbons (Fsp3) is 0.714. The Labute approximate surface area is 61.2 Å². The van der Waals surface area contributed by atoms with Crippen LogP contribution >= 0.6 is 0 Å². The van der Waals surface area contributed by atoms with Crippen molar-refractivity contribution in [1.82, 2.24) is 4.90 Å². The molecule has 0 aliphatic rings. The summed E-state index contributed by atoms with van der Waals surface area (Å²) in [6.45, 7) is 4.35. The van der Waals surface area contributed by atoms with Crippen molar-refractivity contribution >= 4 is 6.41 Å². The minimum atomic E-state index is -0.294. The molecular weight excluding hydrogens is 128 g/mol. The molecule has 0 saturated heterocycles. The van der Waals surface area contributed by atoms with E-state index in [0.717, 1.165) is 12.8 Å². The van der Waals surface area contributed by atoms with E-state index in [9.17, 15) is 4.79 Å². The van der Waals surface area contributed by atoms with Gasteiger partial charge in [0, 0.05) is 6.54 Å². The average molecular weight is 140 g/mol. The van der Waals surface area contributed by atoms with Crippen molar-refractivity contribution in [2.45, 2.75) is 26.3 Å². The maximum atomic E-state index is 10.3. The zero-order valence-corrected chi connectivity index (χ0v) is 6.37. The number of nitrogens with zero attached hydrogens (tertiary/aromatic N) is 2. The molecule has 0 N–H and O–H groups in total. The van der Waals surface area contributed by atoms with Crippen LogP contribution in [0.25, 0.3) is 0 Å². The Balaban J connectivity index is 3.82. The molecule has 0 aliphatic heterocycles. The van der Waals surface area contributed by atoms with Gasteiger partial charge in [0.05, 0.1) is 6.07 Å². The molecule has 10 heavy (non-hydrogen) atoms. The van der Waals surface area contributed by atoms with Crippen LogP contribution in [0.1, 0.15) is 20.3 Å². The molecule has 1 atom stereocenters. The summed E-state index contributed by atoms with van der Waals surface area (Å²) in [6, 6.07) is 1.70. The van der Waals surface area contributed by atoms with E-state index in [4.69, 9.17) is 5.26 Å². The van der Waals surface area contributed by atoms with Gasteiger partial charge in [-0.3, -0.25) is 4.79 Å². The fourth-order valence-electron chi connectivity index (χ4n) is 0.670. The molecule has 1 unspecified atom stereocenters. The van der Waals surface area contributed by atoms with Crippen LogP contribution in [0.2, 0.25) is 0 Å². The Morgan fingerprint density at radius 2 is 2.40 bits per heavy atom. The molecule has 3 nitrogen and oxygen atoms in total. The molecule has 1 amide bonds. The van der Waals surface area contributed by atoms with E-state index in [-0.39, 0.29) is 6.04 Å². The van der Waals surface area contributed by atoms with E-state index < -0.39 is 0 Å². The SMILES string of the molecule is CCCN(C=O)C(C)C#N. The number of hydrogen-bond acceptors (Lipinski definition) is 2. The minimum absolute atomic E-state index is 0.294. The second-order valence-corrected chi connectivity index (χ2v) is 2.15. The topological polar surface area (TPSA) is 44.1 Å². The second-order valence-electron chi connectivity index (χ2n) is 2.15. The molecule has 0 aromatic heterocycles. The Kier molecular flexibility index (Phi) is 4.30. The fourth-order valence-corrected chi connectivity index (χ4v) is 0.670. The van der Waals surface area contributed by atoms with Crippen LogP contribution in [0.5, 0.6) is 0 Å². The van der Waals surface area contributed by atoms with E-state index in [1.807, 2.05) is 13.0 Å². The third kappa shape index (κ3) is 2.49. The van der Waals surface area contributed by atoms with Crippen LogP contribution in [0, 0.1) is 11.3 Å². The van der Waals surface area contributed by atoms with Gasteiger partial charge in [-0.05, 0) is 13.3 Å². The minimum Gasteiger partial charge on any atom is -0.330 e. The van der Waals surface area contributed by atoms with E-state index in [1.165, 1.54) is 4.90 Å².